The molecule has 178 valence electrons. The Kier molecular flexibility index (Phi) is 7.89. The van der Waals surface area contributed by atoms with Gasteiger partial charge in [-0.2, -0.15) is 0 Å². The minimum absolute atomic E-state index is 0.313. The second-order valence-corrected chi connectivity index (χ2v) is 9.11. The number of imide groups is 1. The van der Waals surface area contributed by atoms with Crippen molar-refractivity contribution in [2.45, 2.75) is 30.4 Å². The predicted octanol–water partition coefficient (Wildman–Crippen LogP) is 4.64. The average Bonchev–Trinajstić information content (AvgIpc) is 3.26. The minimum atomic E-state index is -0.614. The Labute approximate surface area is 206 Å². The van der Waals surface area contributed by atoms with Crippen LogP contribution in [-0.2, 0) is 17.9 Å². The summed E-state index contributed by atoms with van der Waals surface area (Å²) >= 11 is 1.20. The number of amides is 3. The van der Waals surface area contributed by atoms with E-state index in [1.165, 1.54) is 23.9 Å². The lowest BCUT2D eigenvalue weighted by atomic mass is 10.2. The Hall–Kier alpha value is -3.98. The van der Waals surface area contributed by atoms with Crippen LogP contribution in [0.1, 0.15) is 18.1 Å². The van der Waals surface area contributed by atoms with Crippen molar-refractivity contribution in [3.8, 4) is 11.4 Å². The van der Waals surface area contributed by atoms with E-state index >= 15 is 0 Å². The molecule has 3 aromatic carbocycles. The molecule has 0 fully saturated rings. The van der Waals surface area contributed by atoms with Crippen molar-refractivity contribution in [1.82, 2.24) is 25.4 Å². The number of hydrogen-bond donors (Lipinski definition) is 2. The van der Waals surface area contributed by atoms with E-state index in [1.807, 2.05) is 65.2 Å². The first-order valence-electron chi connectivity index (χ1n) is 11.0. The largest absolute Gasteiger partial charge is 0.334 e. The van der Waals surface area contributed by atoms with Crippen molar-refractivity contribution in [3.05, 3.63) is 102 Å². The van der Waals surface area contributed by atoms with Gasteiger partial charge < -0.3 is 5.32 Å². The monoisotopic (exact) mass is 489 g/mol. The highest BCUT2D eigenvalue weighted by atomic mass is 32.2. The number of nitrogens with zero attached hydrogens (tertiary/aromatic N) is 3. The molecule has 1 heterocycles. The number of urea groups is 1. The van der Waals surface area contributed by atoms with Crippen molar-refractivity contribution in [1.29, 1.82) is 0 Å². The van der Waals surface area contributed by atoms with E-state index in [0.29, 0.717) is 29.6 Å². The number of nitrogens with one attached hydrogen (secondary N) is 2. The highest BCUT2D eigenvalue weighted by Gasteiger charge is 2.22. The van der Waals surface area contributed by atoms with Crippen molar-refractivity contribution >= 4 is 23.7 Å². The first kappa shape index (κ1) is 24.2. The Morgan fingerprint density at radius 3 is 2.20 bits per heavy atom. The van der Waals surface area contributed by atoms with Gasteiger partial charge in [0.2, 0.25) is 5.91 Å². The molecular formula is C26H24FN5O2S. The van der Waals surface area contributed by atoms with Crippen molar-refractivity contribution in [2.24, 2.45) is 0 Å². The Morgan fingerprint density at radius 1 is 0.914 bits per heavy atom. The van der Waals surface area contributed by atoms with Crippen LogP contribution in [-0.4, -0.2) is 32.0 Å². The summed E-state index contributed by atoms with van der Waals surface area (Å²) in [6.45, 7) is 2.48. The van der Waals surface area contributed by atoms with Crippen LogP contribution in [0.3, 0.4) is 0 Å². The van der Waals surface area contributed by atoms with Crippen LogP contribution in [0.2, 0.25) is 0 Å². The quantitative estimate of drug-likeness (QED) is 0.352. The van der Waals surface area contributed by atoms with Gasteiger partial charge in [0.15, 0.2) is 11.0 Å². The third kappa shape index (κ3) is 6.54. The van der Waals surface area contributed by atoms with Gasteiger partial charge in [-0.15, -0.1) is 10.2 Å². The molecule has 0 aliphatic heterocycles. The number of halogens is 1. The molecule has 9 heteroatoms. The maximum atomic E-state index is 13.4. The molecule has 7 nitrogen and oxygen atoms in total. The van der Waals surface area contributed by atoms with E-state index in [2.05, 4.69) is 20.8 Å². The summed E-state index contributed by atoms with van der Waals surface area (Å²) in [6, 6.07) is 24.7. The fourth-order valence-electron chi connectivity index (χ4n) is 3.34. The molecule has 0 saturated carbocycles. The molecule has 0 aliphatic carbocycles. The molecule has 0 radical (unpaired) electrons. The Bertz CT molecular complexity index is 1280. The highest BCUT2D eigenvalue weighted by Crippen LogP contribution is 2.28. The molecule has 0 aliphatic rings. The normalized spacial score (nSPS) is 11.6. The highest BCUT2D eigenvalue weighted by molar-refractivity contribution is 8.00. The van der Waals surface area contributed by atoms with Gasteiger partial charge in [-0.3, -0.25) is 14.7 Å². The first-order valence-corrected chi connectivity index (χ1v) is 11.9. The number of rotatable bonds is 8. The van der Waals surface area contributed by atoms with Crippen LogP contribution in [0, 0.1) is 5.82 Å². The van der Waals surface area contributed by atoms with Gasteiger partial charge >= 0.3 is 6.03 Å². The summed E-state index contributed by atoms with van der Waals surface area (Å²) in [5.41, 5.74) is 2.66. The second-order valence-electron chi connectivity index (χ2n) is 7.80. The number of hydrogen-bond acceptors (Lipinski definition) is 5. The topological polar surface area (TPSA) is 88.9 Å². The summed E-state index contributed by atoms with van der Waals surface area (Å²) < 4.78 is 15.3. The lowest BCUT2D eigenvalue weighted by Gasteiger charge is -2.14. The molecule has 0 saturated heterocycles. The van der Waals surface area contributed by atoms with E-state index in [-0.39, 0.29) is 5.82 Å². The van der Waals surface area contributed by atoms with Crippen LogP contribution in [0.4, 0.5) is 9.18 Å². The molecule has 2 N–H and O–H groups in total. The number of carbonyl (C=O) groups excluding carboxylic acids is 2. The van der Waals surface area contributed by atoms with Gasteiger partial charge in [-0.05, 0) is 42.3 Å². The Balaban J connectivity index is 1.46. The molecule has 4 aromatic rings. The predicted molar refractivity (Wildman–Crippen MR) is 133 cm³/mol. The summed E-state index contributed by atoms with van der Waals surface area (Å²) in [4.78, 5) is 24.9. The lowest BCUT2D eigenvalue weighted by molar-refractivity contribution is -0.119. The second kappa shape index (κ2) is 11.4. The SMILES string of the molecule is CC(Sc1nnc(-c2ccc(F)cc2)n1Cc1ccccc1)C(=O)NC(=O)NCc1ccccc1. The number of carbonyl (C=O) groups is 2. The van der Waals surface area contributed by atoms with Crippen molar-refractivity contribution < 1.29 is 14.0 Å². The number of thioether (sulfide) groups is 1. The molecule has 1 aromatic heterocycles. The zero-order valence-corrected chi connectivity index (χ0v) is 19.8. The number of benzene rings is 3. The third-order valence-corrected chi connectivity index (χ3v) is 6.27. The van der Waals surface area contributed by atoms with Gasteiger partial charge in [0, 0.05) is 12.1 Å². The molecule has 35 heavy (non-hydrogen) atoms. The van der Waals surface area contributed by atoms with E-state index < -0.39 is 17.2 Å². The van der Waals surface area contributed by atoms with E-state index in [1.54, 1.807) is 19.1 Å². The Morgan fingerprint density at radius 2 is 1.54 bits per heavy atom. The summed E-state index contributed by atoms with van der Waals surface area (Å²) in [5.74, 6) is -0.226. The fourth-order valence-corrected chi connectivity index (χ4v) is 4.19. The summed E-state index contributed by atoms with van der Waals surface area (Å²) in [5, 5.41) is 13.6. The van der Waals surface area contributed by atoms with Gasteiger partial charge in [0.25, 0.3) is 0 Å². The van der Waals surface area contributed by atoms with Gasteiger partial charge in [0.05, 0.1) is 11.8 Å². The molecule has 0 spiro atoms. The third-order valence-electron chi connectivity index (χ3n) is 5.19. The fraction of sp³-hybridized carbons (Fsp3) is 0.154. The van der Waals surface area contributed by atoms with Gasteiger partial charge in [-0.25, -0.2) is 9.18 Å². The van der Waals surface area contributed by atoms with Crippen LogP contribution < -0.4 is 10.6 Å². The molecular weight excluding hydrogens is 465 g/mol. The zero-order chi connectivity index (χ0) is 24.6. The van der Waals surface area contributed by atoms with Crippen LogP contribution >= 0.6 is 11.8 Å². The first-order chi connectivity index (χ1) is 17.0. The summed E-state index contributed by atoms with van der Waals surface area (Å²) in [6.07, 6.45) is 0. The smallest absolute Gasteiger partial charge is 0.321 e. The lowest BCUT2D eigenvalue weighted by Crippen LogP contribution is -2.42. The van der Waals surface area contributed by atoms with Gasteiger partial charge in [0.1, 0.15) is 5.82 Å². The van der Waals surface area contributed by atoms with Crippen molar-refractivity contribution in [3.63, 3.8) is 0 Å². The van der Waals surface area contributed by atoms with E-state index in [4.69, 9.17) is 0 Å². The molecule has 3 amide bonds. The molecule has 1 atom stereocenters. The zero-order valence-electron chi connectivity index (χ0n) is 19.0. The molecule has 1 unspecified atom stereocenters. The van der Waals surface area contributed by atoms with Crippen LogP contribution in [0.25, 0.3) is 11.4 Å². The molecule has 4 rings (SSSR count). The van der Waals surface area contributed by atoms with E-state index in [9.17, 15) is 14.0 Å². The minimum Gasteiger partial charge on any atom is -0.334 e. The molecule has 0 bridgehead atoms. The number of aromatic nitrogens is 3. The van der Waals surface area contributed by atoms with Crippen molar-refractivity contribution in [2.75, 3.05) is 0 Å². The van der Waals surface area contributed by atoms with Crippen LogP contribution in [0.5, 0.6) is 0 Å². The van der Waals surface area contributed by atoms with Crippen LogP contribution in [0.15, 0.2) is 90.1 Å². The summed E-state index contributed by atoms with van der Waals surface area (Å²) in [7, 11) is 0. The van der Waals surface area contributed by atoms with E-state index in [0.717, 1.165) is 11.1 Å². The van der Waals surface area contributed by atoms with Gasteiger partial charge in [-0.1, -0.05) is 72.4 Å². The average molecular weight is 490 g/mol. The maximum Gasteiger partial charge on any atom is 0.321 e. The maximum absolute atomic E-state index is 13.4. The standard InChI is InChI=1S/C26H24FN5O2S/c1-18(24(33)29-25(34)28-16-19-8-4-2-5-9-19)35-26-31-30-23(21-12-14-22(27)15-13-21)32(26)17-20-10-6-3-7-11-20/h2-15,18H,16-17H2,1H3,(H2,28,29,33,34).